The molecular formula is C18H20Cl2N4. The maximum absolute atomic E-state index is 6.10. The van der Waals surface area contributed by atoms with Crippen LogP contribution < -0.4 is 10.9 Å². The van der Waals surface area contributed by atoms with Gasteiger partial charge in [0.15, 0.2) is 0 Å². The normalized spacial score (nSPS) is 12.2. The van der Waals surface area contributed by atoms with Gasteiger partial charge in [0, 0.05) is 10.0 Å². The summed E-state index contributed by atoms with van der Waals surface area (Å²) in [6.45, 7) is 7.68. The van der Waals surface area contributed by atoms with Crippen molar-refractivity contribution in [2.24, 2.45) is 10.2 Å². The number of benzene rings is 2. The zero-order valence-electron chi connectivity index (χ0n) is 14.1. The Kier molecular flexibility index (Phi) is 6.23. The molecule has 2 aromatic carbocycles. The highest BCUT2D eigenvalue weighted by Gasteiger charge is 2.01. The zero-order chi connectivity index (χ0) is 17.7. The third-order valence-corrected chi connectivity index (χ3v) is 4.39. The molecule has 0 aromatic heterocycles. The van der Waals surface area contributed by atoms with Crippen molar-refractivity contribution in [1.82, 2.24) is 0 Å². The van der Waals surface area contributed by atoms with Gasteiger partial charge >= 0.3 is 0 Å². The van der Waals surface area contributed by atoms with Gasteiger partial charge < -0.3 is 0 Å². The summed E-state index contributed by atoms with van der Waals surface area (Å²) in [6.07, 6.45) is 0. The van der Waals surface area contributed by atoms with Crippen molar-refractivity contribution < 1.29 is 0 Å². The first-order valence-corrected chi connectivity index (χ1v) is 8.25. The molecular weight excluding hydrogens is 343 g/mol. The molecule has 2 rings (SSSR count). The lowest BCUT2D eigenvalue weighted by molar-refractivity contribution is 1.30. The van der Waals surface area contributed by atoms with Crippen molar-refractivity contribution in [3.8, 4) is 0 Å². The summed E-state index contributed by atoms with van der Waals surface area (Å²) < 4.78 is 0. The van der Waals surface area contributed by atoms with Gasteiger partial charge in [0.05, 0.1) is 22.8 Å². The molecule has 0 saturated heterocycles. The SMILES string of the molecule is CC(=N\Nc1ccc(C)c(Cl)c1)/C(C)=N/Nc1ccc(C)c(Cl)c1. The molecule has 0 unspecified atom stereocenters. The highest BCUT2D eigenvalue weighted by molar-refractivity contribution is 6.40. The van der Waals surface area contributed by atoms with Crippen LogP contribution in [-0.4, -0.2) is 11.4 Å². The van der Waals surface area contributed by atoms with Gasteiger partial charge in [0.25, 0.3) is 0 Å². The average Bonchev–Trinajstić information content (AvgIpc) is 2.56. The van der Waals surface area contributed by atoms with E-state index in [1.807, 2.05) is 64.1 Å². The minimum absolute atomic E-state index is 0.705. The monoisotopic (exact) mass is 362 g/mol. The molecule has 0 spiro atoms. The minimum Gasteiger partial charge on any atom is -0.278 e. The number of hydrogen-bond donors (Lipinski definition) is 2. The molecule has 4 nitrogen and oxygen atoms in total. The van der Waals surface area contributed by atoms with Gasteiger partial charge in [-0.1, -0.05) is 35.3 Å². The van der Waals surface area contributed by atoms with E-state index in [-0.39, 0.29) is 0 Å². The standard InChI is InChI=1S/C18H20Cl2N4/c1-11-5-7-15(9-17(11)19)23-21-13(3)14(4)22-24-16-8-6-12(2)18(20)10-16/h5-10,23-24H,1-4H3/b21-13+,22-14+. The molecule has 0 aliphatic heterocycles. The molecule has 6 heteroatoms. The van der Waals surface area contributed by atoms with Crippen LogP contribution in [0.2, 0.25) is 10.0 Å². The molecule has 0 heterocycles. The topological polar surface area (TPSA) is 48.8 Å². The second-order valence-corrected chi connectivity index (χ2v) is 6.36. The van der Waals surface area contributed by atoms with E-state index in [0.29, 0.717) is 10.0 Å². The molecule has 0 fully saturated rings. The smallest absolute Gasteiger partial charge is 0.0805 e. The lowest BCUT2D eigenvalue weighted by Gasteiger charge is -2.07. The Hall–Kier alpha value is -2.04. The molecule has 0 amide bonds. The molecule has 0 radical (unpaired) electrons. The summed E-state index contributed by atoms with van der Waals surface area (Å²) in [7, 11) is 0. The predicted molar refractivity (Wildman–Crippen MR) is 106 cm³/mol. The van der Waals surface area contributed by atoms with Crippen LogP contribution in [0, 0.1) is 13.8 Å². The Balaban J connectivity index is 2.02. The molecule has 0 aliphatic carbocycles. The second-order valence-electron chi connectivity index (χ2n) is 5.55. The molecule has 2 N–H and O–H groups in total. The zero-order valence-corrected chi connectivity index (χ0v) is 15.6. The highest BCUT2D eigenvalue weighted by atomic mass is 35.5. The summed E-state index contributed by atoms with van der Waals surface area (Å²) in [5.41, 5.74) is 11.2. The Bertz CT molecular complexity index is 730. The van der Waals surface area contributed by atoms with Gasteiger partial charge in [0.2, 0.25) is 0 Å². The number of hydrazone groups is 2. The third-order valence-electron chi connectivity index (χ3n) is 3.57. The molecule has 0 bridgehead atoms. The fourth-order valence-corrected chi connectivity index (χ4v) is 2.14. The number of aryl methyl sites for hydroxylation is 2. The fourth-order valence-electron chi connectivity index (χ4n) is 1.78. The number of anilines is 2. The van der Waals surface area contributed by atoms with E-state index < -0.39 is 0 Å². The Morgan fingerprint density at radius 2 is 1.12 bits per heavy atom. The Labute approximate surface area is 152 Å². The summed E-state index contributed by atoms with van der Waals surface area (Å²) in [5.74, 6) is 0. The Morgan fingerprint density at radius 3 is 1.46 bits per heavy atom. The van der Waals surface area contributed by atoms with Gasteiger partial charge in [-0.15, -0.1) is 0 Å². The summed E-state index contributed by atoms with van der Waals surface area (Å²) in [6, 6.07) is 11.4. The molecule has 24 heavy (non-hydrogen) atoms. The minimum atomic E-state index is 0.705. The first-order chi connectivity index (χ1) is 11.4. The average molecular weight is 363 g/mol. The van der Waals surface area contributed by atoms with E-state index in [4.69, 9.17) is 23.2 Å². The van der Waals surface area contributed by atoms with Crippen molar-refractivity contribution in [3.05, 3.63) is 57.6 Å². The second kappa shape index (κ2) is 8.18. The largest absolute Gasteiger partial charge is 0.278 e. The summed E-state index contributed by atoms with van der Waals surface area (Å²) in [4.78, 5) is 0. The lowest BCUT2D eigenvalue weighted by atomic mass is 10.2. The summed E-state index contributed by atoms with van der Waals surface area (Å²) >= 11 is 12.2. The van der Waals surface area contributed by atoms with Crippen molar-refractivity contribution >= 4 is 46.0 Å². The van der Waals surface area contributed by atoms with Crippen molar-refractivity contribution in [2.75, 3.05) is 10.9 Å². The molecule has 2 aromatic rings. The van der Waals surface area contributed by atoms with Gasteiger partial charge in [0.1, 0.15) is 0 Å². The highest BCUT2D eigenvalue weighted by Crippen LogP contribution is 2.20. The number of nitrogens with zero attached hydrogens (tertiary/aromatic N) is 2. The van der Waals surface area contributed by atoms with Crippen molar-refractivity contribution in [3.63, 3.8) is 0 Å². The quantitative estimate of drug-likeness (QED) is 0.514. The van der Waals surface area contributed by atoms with Gasteiger partial charge in [-0.05, 0) is 63.1 Å². The van der Waals surface area contributed by atoms with E-state index in [9.17, 15) is 0 Å². The van der Waals surface area contributed by atoms with Crippen LogP contribution >= 0.6 is 23.2 Å². The van der Waals surface area contributed by atoms with Crippen LogP contribution in [0.5, 0.6) is 0 Å². The number of hydrogen-bond acceptors (Lipinski definition) is 4. The predicted octanol–water partition coefficient (Wildman–Crippen LogP) is 5.89. The number of halogens is 2. The third kappa shape index (κ3) is 4.98. The molecule has 0 saturated carbocycles. The first kappa shape index (κ1) is 18.3. The van der Waals surface area contributed by atoms with Crippen LogP contribution in [0.15, 0.2) is 46.6 Å². The van der Waals surface area contributed by atoms with Gasteiger partial charge in [-0.25, -0.2) is 0 Å². The Morgan fingerprint density at radius 1 is 0.750 bits per heavy atom. The van der Waals surface area contributed by atoms with Crippen LogP contribution in [-0.2, 0) is 0 Å². The van der Waals surface area contributed by atoms with Crippen LogP contribution in [0.1, 0.15) is 25.0 Å². The molecule has 0 atom stereocenters. The maximum atomic E-state index is 6.10. The van der Waals surface area contributed by atoms with Crippen LogP contribution in [0.4, 0.5) is 11.4 Å². The van der Waals surface area contributed by atoms with Crippen LogP contribution in [0.3, 0.4) is 0 Å². The fraction of sp³-hybridized carbons (Fsp3) is 0.222. The number of nitrogens with one attached hydrogen (secondary N) is 2. The van der Waals surface area contributed by atoms with Gasteiger partial charge in [-0.2, -0.15) is 10.2 Å². The van der Waals surface area contributed by atoms with E-state index in [1.165, 1.54) is 0 Å². The van der Waals surface area contributed by atoms with E-state index in [0.717, 1.165) is 33.9 Å². The van der Waals surface area contributed by atoms with Crippen LogP contribution in [0.25, 0.3) is 0 Å². The van der Waals surface area contributed by atoms with Crippen molar-refractivity contribution in [1.29, 1.82) is 0 Å². The maximum Gasteiger partial charge on any atom is 0.0805 e. The lowest BCUT2D eigenvalue weighted by Crippen LogP contribution is -2.10. The molecule has 126 valence electrons. The van der Waals surface area contributed by atoms with Crippen molar-refractivity contribution in [2.45, 2.75) is 27.7 Å². The summed E-state index contributed by atoms with van der Waals surface area (Å²) in [5, 5.41) is 10.0. The number of rotatable bonds is 5. The molecule has 0 aliphatic rings. The van der Waals surface area contributed by atoms with Gasteiger partial charge in [-0.3, -0.25) is 10.9 Å². The van der Waals surface area contributed by atoms with E-state index in [1.54, 1.807) is 0 Å². The first-order valence-electron chi connectivity index (χ1n) is 7.50. The van der Waals surface area contributed by atoms with E-state index >= 15 is 0 Å². The van der Waals surface area contributed by atoms with E-state index in [2.05, 4.69) is 21.1 Å².